The maximum absolute atomic E-state index is 5.92. The molecule has 0 spiro atoms. The zero-order valence-electron chi connectivity index (χ0n) is 16.8. The van der Waals surface area contributed by atoms with E-state index in [1.54, 1.807) is 0 Å². The van der Waals surface area contributed by atoms with Crippen molar-refractivity contribution in [2.24, 2.45) is 0 Å². The molecule has 1 aromatic heterocycles. The number of aromatic nitrogens is 2. The van der Waals surface area contributed by atoms with Gasteiger partial charge in [0.05, 0.1) is 19.1 Å². The summed E-state index contributed by atoms with van der Waals surface area (Å²) in [4.78, 5) is 0. The van der Waals surface area contributed by atoms with Crippen molar-refractivity contribution in [3.63, 3.8) is 0 Å². The molecule has 146 valence electrons. The Balaban J connectivity index is 2.41. The molecule has 0 aliphatic heterocycles. The Labute approximate surface area is 155 Å². The van der Waals surface area contributed by atoms with E-state index in [2.05, 4.69) is 34.8 Å². The summed E-state index contributed by atoms with van der Waals surface area (Å²) in [6.07, 6.45) is 14.5. The van der Waals surface area contributed by atoms with Gasteiger partial charge in [-0.05, 0) is 33.6 Å². The van der Waals surface area contributed by atoms with Crippen LogP contribution < -0.4 is 4.57 Å². The number of aryl methyl sites for hydroxylation is 2. The molecule has 0 radical (unpaired) electrons. The Kier molecular flexibility index (Phi) is 12.1. The van der Waals surface area contributed by atoms with Crippen molar-refractivity contribution >= 4 is 8.80 Å². The fraction of sp³-hybridized carbons (Fsp3) is 0.842. The van der Waals surface area contributed by atoms with Crippen molar-refractivity contribution in [1.82, 2.24) is 4.57 Å². The highest BCUT2D eigenvalue weighted by molar-refractivity contribution is 6.60. The average molecular weight is 372 g/mol. The largest absolute Gasteiger partial charge is 0.504 e. The highest BCUT2D eigenvalue weighted by Gasteiger charge is 2.40. The zero-order chi connectivity index (χ0) is 18.4. The van der Waals surface area contributed by atoms with E-state index in [0.717, 1.165) is 19.1 Å². The number of imidazole rings is 1. The van der Waals surface area contributed by atoms with Gasteiger partial charge in [-0.3, -0.25) is 0 Å². The van der Waals surface area contributed by atoms with Crippen molar-refractivity contribution < 1.29 is 17.8 Å². The fourth-order valence-electron chi connectivity index (χ4n) is 3.05. The van der Waals surface area contributed by atoms with Crippen molar-refractivity contribution in [2.75, 3.05) is 19.8 Å². The Morgan fingerprint density at radius 2 is 1.44 bits per heavy atom. The lowest BCUT2D eigenvalue weighted by atomic mass is 10.1. The normalized spacial score (nSPS) is 12.0. The highest BCUT2D eigenvalue weighted by atomic mass is 28.4. The van der Waals surface area contributed by atoms with Crippen LogP contribution in [0.5, 0.6) is 0 Å². The van der Waals surface area contributed by atoms with Crippen LogP contribution >= 0.6 is 0 Å². The van der Waals surface area contributed by atoms with Gasteiger partial charge in [0.15, 0.2) is 0 Å². The molecule has 0 unspecified atom stereocenters. The number of hydrogen-bond acceptors (Lipinski definition) is 3. The van der Waals surface area contributed by atoms with Crippen molar-refractivity contribution in [1.29, 1.82) is 0 Å². The van der Waals surface area contributed by atoms with Gasteiger partial charge in [0.1, 0.15) is 12.4 Å². The third-order valence-corrected chi connectivity index (χ3v) is 7.31. The zero-order valence-corrected chi connectivity index (χ0v) is 17.8. The predicted molar refractivity (Wildman–Crippen MR) is 103 cm³/mol. The molecule has 0 bridgehead atoms. The molecule has 1 aromatic rings. The van der Waals surface area contributed by atoms with E-state index in [1.165, 1.54) is 38.5 Å². The Morgan fingerprint density at radius 3 is 2.04 bits per heavy atom. The first kappa shape index (κ1) is 22.3. The molecule has 1 heterocycles. The molecule has 0 amide bonds. The quantitative estimate of drug-likeness (QED) is 0.248. The summed E-state index contributed by atoms with van der Waals surface area (Å²) in [5, 5.41) is 0. The van der Waals surface area contributed by atoms with Gasteiger partial charge < -0.3 is 13.3 Å². The average Bonchev–Trinajstić information content (AvgIpc) is 3.05. The third kappa shape index (κ3) is 8.99. The van der Waals surface area contributed by atoms with E-state index in [-0.39, 0.29) is 0 Å². The lowest BCUT2D eigenvalue weighted by molar-refractivity contribution is -0.696. The summed E-state index contributed by atoms with van der Waals surface area (Å²) in [6, 6.07) is 0.814. The minimum atomic E-state index is -2.54. The first-order valence-corrected chi connectivity index (χ1v) is 12.1. The summed E-state index contributed by atoms with van der Waals surface area (Å²) in [6.45, 7) is 12.2. The standard InChI is InChI=1S/C19H39N2O3Si/c1-5-9-10-11-12-13-14-20-15-16-21(19-20)17-18-25(22-6-2,23-7-3)24-8-4/h15-16,19H,5-14,17-18H2,1-4H3/q+1. The predicted octanol–water partition coefficient (Wildman–Crippen LogP) is 4.18. The van der Waals surface area contributed by atoms with Gasteiger partial charge in [-0.15, -0.1) is 0 Å². The van der Waals surface area contributed by atoms with Gasteiger partial charge in [0.25, 0.3) is 0 Å². The van der Waals surface area contributed by atoms with Gasteiger partial charge in [0.2, 0.25) is 6.33 Å². The lowest BCUT2D eigenvalue weighted by Crippen LogP contribution is -2.46. The molecule has 0 atom stereocenters. The third-order valence-electron chi connectivity index (χ3n) is 4.29. The second kappa shape index (κ2) is 13.5. The smallest absolute Gasteiger partial charge is 0.374 e. The van der Waals surface area contributed by atoms with Crippen molar-refractivity contribution in [3.8, 4) is 0 Å². The molecule has 1 rings (SSSR count). The first-order valence-electron chi connectivity index (χ1n) is 10.2. The van der Waals surface area contributed by atoms with Crippen LogP contribution in [0.2, 0.25) is 6.04 Å². The van der Waals surface area contributed by atoms with Gasteiger partial charge in [-0.25, -0.2) is 9.13 Å². The molecule has 0 N–H and O–H groups in total. The van der Waals surface area contributed by atoms with Gasteiger partial charge in [-0.1, -0.05) is 32.6 Å². The number of unbranched alkanes of at least 4 members (excludes halogenated alkanes) is 5. The Hall–Kier alpha value is -0.693. The second-order valence-electron chi connectivity index (χ2n) is 6.39. The molecule has 0 saturated heterocycles. The topological polar surface area (TPSA) is 36.5 Å². The molecular weight excluding hydrogens is 332 g/mol. The van der Waals surface area contributed by atoms with Crippen LogP contribution in [0.1, 0.15) is 66.2 Å². The second-order valence-corrected chi connectivity index (χ2v) is 9.12. The summed E-state index contributed by atoms with van der Waals surface area (Å²) < 4.78 is 22.3. The Morgan fingerprint density at radius 1 is 0.840 bits per heavy atom. The number of rotatable bonds is 16. The minimum Gasteiger partial charge on any atom is -0.374 e. The van der Waals surface area contributed by atoms with E-state index in [4.69, 9.17) is 13.3 Å². The number of nitrogens with zero attached hydrogens (tertiary/aromatic N) is 2. The molecule has 6 heteroatoms. The first-order chi connectivity index (χ1) is 12.2. The molecule has 0 aromatic carbocycles. The SMILES string of the molecule is CCCCCCCC[n+]1ccn(CC[Si](OCC)(OCC)OCC)c1. The van der Waals surface area contributed by atoms with E-state index in [9.17, 15) is 0 Å². The van der Waals surface area contributed by atoms with Crippen molar-refractivity contribution in [2.45, 2.75) is 85.4 Å². The maximum Gasteiger partial charge on any atom is 0.504 e. The molecule has 0 aliphatic rings. The molecule has 25 heavy (non-hydrogen) atoms. The summed E-state index contributed by atoms with van der Waals surface area (Å²) in [5.74, 6) is 0. The monoisotopic (exact) mass is 371 g/mol. The molecular formula is C19H39N2O3Si+. The highest BCUT2D eigenvalue weighted by Crippen LogP contribution is 2.17. The number of hydrogen-bond donors (Lipinski definition) is 0. The van der Waals surface area contributed by atoms with E-state index in [0.29, 0.717) is 19.8 Å². The van der Waals surface area contributed by atoms with E-state index < -0.39 is 8.80 Å². The summed E-state index contributed by atoms with van der Waals surface area (Å²) in [7, 11) is -2.54. The van der Waals surface area contributed by atoms with Gasteiger partial charge >= 0.3 is 8.80 Å². The molecule has 0 aliphatic carbocycles. The van der Waals surface area contributed by atoms with Gasteiger partial charge in [0, 0.05) is 19.8 Å². The molecule has 0 fully saturated rings. The van der Waals surface area contributed by atoms with Crippen LogP contribution in [0.15, 0.2) is 18.7 Å². The molecule has 0 saturated carbocycles. The van der Waals surface area contributed by atoms with Crippen LogP contribution in [0.3, 0.4) is 0 Å². The van der Waals surface area contributed by atoms with Crippen LogP contribution in [0.25, 0.3) is 0 Å². The minimum absolute atomic E-state index is 0.635. The van der Waals surface area contributed by atoms with E-state index >= 15 is 0 Å². The lowest BCUT2D eigenvalue weighted by Gasteiger charge is -2.27. The van der Waals surface area contributed by atoms with Crippen LogP contribution in [0.4, 0.5) is 0 Å². The maximum atomic E-state index is 5.92. The van der Waals surface area contributed by atoms with Gasteiger partial charge in [-0.2, -0.15) is 0 Å². The van der Waals surface area contributed by atoms with Crippen LogP contribution in [-0.2, 0) is 26.4 Å². The fourth-order valence-corrected chi connectivity index (χ4v) is 5.58. The summed E-state index contributed by atoms with van der Waals surface area (Å²) in [5.41, 5.74) is 0. The molecule has 5 nitrogen and oxygen atoms in total. The van der Waals surface area contributed by atoms with Crippen LogP contribution in [-0.4, -0.2) is 33.2 Å². The van der Waals surface area contributed by atoms with E-state index in [1.807, 2.05) is 20.8 Å². The van der Waals surface area contributed by atoms with Crippen molar-refractivity contribution in [3.05, 3.63) is 18.7 Å². The van der Waals surface area contributed by atoms with Crippen LogP contribution in [0, 0.1) is 0 Å². The Bertz CT molecular complexity index is 423. The summed E-state index contributed by atoms with van der Waals surface area (Å²) >= 11 is 0.